The minimum absolute atomic E-state index is 0.234. The molecule has 0 radical (unpaired) electrons. The van der Waals surface area contributed by atoms with E-state index in [4.69, 9.17) is 0 Å². The first-order valence-corrected chi connectivity index (χ1v) is 10.4. The Kier molecular flexibility index (Phi) is 5.01. The molecule has 1 atom stereocenters. The third-order valence-corrected chi connectivity index (χ3v) is 5.79. The zero-order chi connectivity index (χ0) is 20.3. The number of hydrogen-bond acceptors (Lipinski definition) is 6. The van der Waals surface area contributed by atoms with Gasteiger partial charge < -0.3 is 15.2 Å². The molecule has 4 heterocycles. The number of anilines is 2. The fourth-order valence-corrected chi connectivity index (χ4v) is 4.38. The lowest BCUT2D eigenvalue weighted by molar-refractivity contribution is -0.118. The summed E-state index contributed by atoms with van der Waals surface area (Å²) in [7, 11) is 0. The lowest BCUT2D eigenvalue weighted by atomic mass is 9.92. The minimum Gasteiger partial charge on any atom is -0.377 e. The number of nitrogens with zero attached hydrogens (tertiary/aromatic N) is 4. The van der Waals surface area contributed by atoms with Crippen molar-refractivity contribution >= 4 is 39.2 Å². The number of carbonyl (C=O) groups is 1. The van der Waals surface area contributed by atoms with Gasteiger partial charge in [0.2, 0.25) is 0 Å². The fourth-order valence-electron chi connectivity index (χ4n) is 4.38. The topological polar surface area (TPSA) is 86.8 Å². The third kappa shape index (κ3) is 3.70. The molecular formula is C23H24N6O. The van der Waals surface area contributed by atoms with Crippen LogP contribution < -0.4 is 10.2 Å². The first kappa shape index (κ1) is 18.5. The average molecular weight is 400 g/mol. The van der Waals surface area contributed by atoms with Crippen LogP contribution in [0.5, 0.6) is 0 Å². The number of Topliss-reactive ketones (excluding diaryl/α,β-unsaturated/α-hetero) is 1. The Hall–Kier alpha value is -3.48. The zero-order valence-corrected chi connectivity index (χ0v) is 16.7. The molecule has 0 spiro atoms. The number of nitrogens with one attached hydrogen (secondary N) is 2. The smallest absolute Gasteiger partial charge is 0.152 e. The van der Waals surface area contributed by atoms with Gasteiger partial charge in [-0.1, -0.05) is 6.07 Å². The second-order valence-electron chi connectivity index (χ2n) is 7.86. The zero-order valence-electron chi connectivity index (χ0n) is 16.7. The average Bonchev–Trinajstić information content (AvgIpc) is 3.27. The lowest BCUT2D eigenvalue weighted by Crippen LogP contribution is -2.37. The summed E-state index contributed by atoms with van der Waals surface area (Å²) in [5, 5.41) is 5.39. The van der Waals surface area contributed by atoms with Crippen molar-refractivity contribution in [3.8, 4) is 0 Å². The standard InChI is InChI=1S/C23H24N6O/c30-17(13-26-21-7-1-6-20-18(21)5-2-9-24-20)12-16-4-3-11-29(14-16)23-19-8-10-25-22(19)27-15-28-23/h1-2,5-10,15-16,26H,3-4,11-14H2,(H,25,27,28)/t16-/m0/s1. The Bertz CT molecular complexity index is 1180. The van der Waals surface area contributed by atoms with E-state index in [-0.39, 0.29) is 5.78 Å². The van der Waals surface area contributed by atoms with Gasteiger partial charge in [0.05, 0.1) is 17.4 Å². The summed E-state index contributed by atoms with van der Waals surface area (Å²) in [4.78, 5) is 31.3. The highest BCUT2D eigenvalue weighted by Gasteiger charge is 2.24. The molecule has 0 saturated carbocycles. The van der Waals surface area contributed by atoms with Crippen LogP contribution >= 0.6 is 0 Å². The number of pyridine rings is 1. The molecule has 0 aliphatic carbocycles. The van der Waals surface area contributed by atoms with Crippen LogP contribution in [0.15, 0.2) is 55.1 Å². The molecule has 4 aromatic rings. The second kappa shape index (κ2) is 8.10. The van der Waals surface area contributed by atoms with E-state index in [1.807, 2.05) is 42.6 Å². The molecule has 1 saturated heterocycles. The van der Waals surface area contributed by atoms with Crippen molar-refractivity contribution in [3.63, 3.8) is 0 Å². The number of aromatic nitrogens is 4. The molecule has 7 nitrogen and oxygen atoms in total. The molecule has 0 amide bonds. The summed E-state index contributed by atoms with van der Waals surface area (Å²) >= 11 is 0. The van der Waals surface area contributed by atoms with Crippen molar-refractivity contribution in [1.29, 1.82) is 0 Å². The van der Waals surface area contributed by atoms with Crippen molar-refractivity contribution < 1.29 is 4.79 Å². The number of carbonyl (C=O) groups excluding carboxylic acids is 1. The molecule has 2 N–H and O–H groups in total. The molecule has 7 heteroatoms. The highest BCUT2D eigenvalue weighted by Crippen LogP contribution is 2.28. The molecule has 1 aliphatic rings. The van der Waals surface area contributed by atoms with Crippen molar-refractivity contribution in [3.05, 3.63) is 55.1 Å². The fraction of sp³-hybridized carbons (Fsp3) is 0.304. The predicted molar refractivity (Wildman–Crippen MR) is 119 cm³/mol. The molecule has 5 rings (SSSR count). The van der Waals surface area contributed by atoms with Gasteiger partial charge in [0.25, 0.3) is 0 Å². The molecule has 1 aliphatic heterocycles. The lowest BCUT2D eigenvalue weighted by Gasteiger charge is -2.33. The van der Waals surface area contributed by atoms with Gasteiger partial charge in [0.15, 0.2) is 5.78 Å². The van der Waals surface area contributed by atoms with Crippen LogP contribution in [-0.4, -0.2) is 45.4 Å². The molecule has 152 valence electrons. The van der Waals surface area contributed by atoms with Crippen LogP contribution in [0, 0.1) is 5.92 Å². The van der Waals surface area contributed by atoms with E-state index in [1.165, 1.54) is 0 Å². The SMILES string of the molecule is O=C(CNc1cccc2ncccc12)C[C@@H]1CCCN(c2ncnc3[nH]ccc23)C1. The Labute approximate surface area is 174 Å². The van der Waals surface area contributed by atoms with Crippen LogP contribution in [0.1, 0.15) is 19.3 Å². The molecule has 30 heavy (non-hydrogen) atoms. The van der Waals surface area contributed by atoms with Crippen LogP contribution in [-0.2, 0) is 4.79 Å². The van der Waals surface area contributed by atoms with Crippen LogP contribution in [0.2, 0.25) is 0 Å². The van der Waals surface area contributed by atoms with Gasteiger partial charge in [0, 0.05) is 43.0 Å². The molecule has 0 bridgehead atoms. The summed E-state index contributed by atoms with van der Waals surface area (Å²) in [5.74, 6) is 1.53. The van der Waals surface area contributed by atoms with E-state index in [0.717, 1.165) is 59.4 Å². The van der Waals surface area contributed by atoms with Crippen LogP contribution in [0.3, 0.4) is 0 Å². The van der Waals surface area contributed by atoms with Gasteiger partial charge in [-0.15, -0.1) is 0 Å². The van der Waals surface area contributed by atoms with Gasteiger partial charge in [-0.3, -0.25) is 9.78 Å². The molecule has 1 fully saturated rings. The van der Waals surface area contributed by atoms with E-state index >= 15 is 0 Å². The van der Waals surface area contributed by atoms with Gasteiger partial charge in [0.1, 0.15) is 17.8 Å². The third-order valence-electron chi connectivity index (χ3n) is 5.79. The van der Waals surface area contributed by atoms with Gasteiger partial charge in [-0.2, -0.15) is 0 Å². The maximum absolute atomic E-state index is 12.7. The number of H-pyrrole nitrogens is 1. The minimum atomic E-state index is 0.234. The number of rotatable bonds is 6. The molecular weight excluding hydrogens is 376 g/mol. The van der Waals surface area contributed by atoms with E-state index in [0.29, 0.717) is 18.9 Å². The number of fused-ring (bicyclic) bond motifs is 2. The maximum atomic E-state index is 12.7. The van der Waals surface area contributed by atoms with Crippen molar-refractivity contribution in [2.75, 3.05) is 29.9 Å². The first-order chi connectivity index (χ1) is 14.8. The monoisotopic (exact) mass is 400 g/mol. The summed E-state index contributed by atoms with van der Waals surface area (Å²) in [6.07, 6.45) is 7.99. The molecule has 0 unspecified atom stereocenters. The van der Waals surface area contributed by atoms with E-state index in [2.05, 4.69) is 30.2 Å². The van der Waals surface area contributed by atoms with E-state index in [9.17, 15) is 4.79 Å². The Morgan fingerprint density at radius 2 is 2.10 bits per heavy atom. The van der Waals surface area contributed by atoms with Crippen LogP contribution in [0.25, 0.3) is 21.9 Å². The van der Waals surface area contributed by atoms with Gasteiger partial charge >= 0.3 is 0 Å². The Morgan fingerprint density at radius 3 is 3.07 bits per heavy atom. The second-order valence-corrected chi connectivity index (χ2v) is 7.86. The molecule has 1 aromatic carbocycles. The number of ketones is 1. The van der Waals surface area contributed by atoms with Crippen molar-refractivity contribution in [1.82, 2.24) is 19.9 Å². The number of piperidine rings is 1. The van der Waals surface area contributed by atoms with Crippen molar-refractivity contribution in [2.45, 2.75) is 19.3 Å². The number of benzene rings is 1. The van der Waals surface area contributed by atoms with E-state index in [1.54, 1.807) is 12.5 Å². The Morgan fingerprint density at radius 1 is 1.13 bits per heavy atom. The predicted octanol–water partition coefficient (Wildman–Crippen LogP) is 3.79. The highest BCUT2D eigenvalue weighted by molar-refractivity contribution is 5.93. The first-order valence-electron chi connectivity index (χ1n) is 10.4. The van der Waals surface area contributed by atoms with Gasteiger partial charge in [-0.05, 0) is 49.1 Å². The molecule has 3 aromatic heterocycles. The number of aromatic amines is 1. The maximum Gasteiger partial charge on any atom is 0.152 e. The Balaban J connectivity index is 1.22. The van der Waals surface area contributed by atoms with Crippen molar-refractivity contribution in [2.24, 2.45) is 5.92 Å². The summed E-state index contributed by atoms with van der Waals surface area (Å²) < 4.78 is 0. The summed E-state index contributed by atoms with van der Waals surface area (Å²) in [5.41, 5.74) is 2.74. The summed E-state index contributed by atoms with van der Waals surface area (Å²) in [6, 6.07) is 11.9. The highest BCUT2D eigenvalue weighted by atomic mass is 16.1. The quantitative estimate of drug-likeness (QED) is 0.512. The van der Waals surface area contributed by atoms with Crippen LogP contribution in [0.4, 0.5) is 11.5 Å². The van der Waals surface area contributed by atoms with E-state index < -0.39 is 0 Å². The number of hydrogen-bond donors (Lipinski definition) is 2. The normalized spacial score (nSPS) is 16.8. The van der Waals surface area contributed by atoms with Gasteiger partial charge in [-0.25, -0.2) is 9.97 Å². The summed E-state index contributed by atoms with van der Waals surface area (Å²) in [6.45, 7) is 2.14. The largest absolute Gasteiger partial charge is 0.377 e.